The van der Waals surface area contributed by atoms with E-state index in [1.54, 1.807) is 31.2 Å². The molecule has 126 valence electrons. The van der Waals surface area contributed by atoms with Gasteiger partial charge in [-0.25, -0.2) is 0 Å². The number of carbonyl (C=O) groups is 2. The van der Waals surface area contributed by atoms with Crippen molar-refractivity contribution in [2.75, 3.05) is 16.4 Å². The molecule has 6 heteroatoms. The Balaban J connectivity index is 1.79. The molecule has 0 aliphatic rings. The minimum absolute atomic E-state index is 0.133. The molecule has 2 amide bonds. The largest absolute Gasteiger partial charge is 0.325 e. The van der Waals surface area contributed by atoms with Gasteiger partial charge in [-0.15, -0.1) is 11.8 Å². The van der Waals surface area contributed by atoms with E-state index in [4.69, 9.17) is 11.6 Å². The van der Waals surface area contributed by atoms with Crippen molar-refractivity contribution in [3.63, 3.8) is 0 Å². The Morgan fingerprint density at radius 3 is 2.46 bits per heavy atom. The fraction of sp³-hybridized carbons (Fsp3) is 0.222. The Morgan fingerprint density at radius 1 is 1.08 bits per heavy atom. The van der Waals surface area contributed by atoms with Crippen molar-refractivity contribution in [2.24, 2.45) is 0 Å². The number of nitrogens with one attached hydrogen (secondary N) is 2. The van der Waals surface area contributed by atoms with Crippen molar-refractivity contribution >= 4 is 46.6 Å². The summed E-state index contributed by atoms with van der Waals surface area (Å²) in [5.74, 6) is -0.0884. The van der Waals surface area contributed by atoms with Crippen LogP contribution in [-0.2, 0) is 9.59 Å². The van der Waals surface area contributed by atoms with Gasteiger partial charge in [-0.2, -0.15) is 0 Å². The lowest BCUT2D eigenvalue weighted by atomic mass is 10.2. The van der Waals surface area contributed by atoms with Crippen molar-refractivity contribution in [2.45, 2.75) is 19.1 Å². The highest BCUT2D eigenvalue weighted by atomic mass is 35.5. The zero-order chi connectivity index (χ0) is 17.5. The molecule has 4 nitrogen and oxygen atoms in total. The van der Waals surface area contributed by atoms with Crippen LogP contribution in [0.3, 0.4) is 0 Å². The molecule has 24 heavy (non-hydrogen) atoms. The first kappa shape index (κ1) is 18.4. The first-order valence-corrected chi connectivity index (χ1v) is 8.91. The number of benzene rings is 2. The van der Waals surface area contributed by atoms with Crippen molar-refractivity contribution in [1.82, 2.24) is 0 Å². The van der Waals surface area contributed by atoms with Crippen LogP contribution in [-0.4, -0.2) is 22.8 Å². The Morgan fingerprint density at radius 2 is 1.79 bits per heavy atom. The molecule has 2 aromatic rings. The molecule has 0 aromatic heterocycles. The minimum Gasteiger partial charge on any atom is -0.325 e. The van der Waals surface area contributed by atoms with Crippen LogP contribution in [0.25, 0.3) is 0 Å². The normalized spacial score (nSPS) is 11.6. The summed E-state index contributed by atoms with van der Waals surface area (Å²) >= 11 is 7.17. The molecular formula is C18H19ClN2O2S. The zero-order valence-corrected chi connectivity index (χ0v) is 15.1. The number of aryl methyl sites for hydroxylation is 1. The smallest absolute Gasteiger partial charge is 0.237 e. The lowest BCUT2D eigenvalue weighted by molar-refractivity contribution is -0.115. The van der Waals surface area contributed by atoms with Crippen LogP contribution in [0.4, 0.5) is 11.4 Å². The van der Waals surface area contributed by atoms with Crippen molar-refractivity contribution in [3.8, 4) is 0 Å². The summed E-state index contributed by atoms with van der Waals surface area (Å²) in [6, 6.07) is 14.5. The second-order valence-corrected chi connectivity index (χ2v) is 7.13. The molecule has 0 saturated heterocycles. The highest BCUT2D eigenvalue weighted by molar-refractivity contribution is 8.01. The van der Waals surface area contributed by atoms with Crippen molar-refractivity contribution in [3.05, 3.63) is 59.1 Å². The third kappa shape index (κ3) is 5.91. The second-order valence-electron chi connectivity index (χ2n) is 5.37. The molecule has 0 radical (unpaired) electrons. The van der Waals surface area contributed by atoms with E-state index in [2.05, 4.69) is 10.6 Å². The number of hydrogen-bond donors (Lipinski definition) is 2. The van der Waals surface area contributed by atoms with Crippen LogP contribution in [0.5, 0.6) is 0 Å². The van der Waals surface area contributed by atoms with Gasteiger partial charge in [-0.05, 0) is 44.2 Å². The van der Waals surface area contributed by atoms with Gasteiger partial charge in [0.25, 0.3) is 0 Å². The Kier molecular flexibility index (Phi) is 6.70. The Labute approximate surface area is 151 Å². The third-order valence-electron chi connectivity index (χ3n) is 3.26. The maximum absolute atomic E-state index is 12.1. The van der Waals surface area contributed by atoms with Gasteiger partial charge in [0.05, 0.1) is 11.0 Å². The molecule has 0 aliphatic carbocycles. The van der Waals surface area contributed by atoms with E-state index < -0.39 is 0 Å². The Bertz CT molecular complexity index is 719. The van der Waals surface area contributed by atoms with Crippen LogP contribution in [0.15, 0.2) is 48.5 Å². The number of rotatable bonds is 6. The molecule has 0 saturated carbocycles. The van der Waals surface area contributed by atoms with Crippen molar-refractivity contribution in [1.29, 1.82) is 0 Å². The van der Waals surface area contributed by atoms with Crippen LogP contribution in [0.2, 0.25) is 5.02 Å². The topological polar surface area (TPSA) is 58.2 Å². The second kappa shape index (κ2) is 8.76. The van der Waals surface area contributed by atoms with Gasteiger partial charge in [0.2, 0.25) is 11.8 Å². The van der Waals surface area contributed by atoms with Gasteiger partial charge in [-0.1, -0.05) is 35.4 Å². The summed E-state index contributed by atoms with van der Waals surface area (Å²) in [6.45, 7) is 3.76. The van der Waals surface area contributed by atoms with E-state index in [0.29, 0.717) is 10.7 Å². The molecule has 1 atom stereocenters. The van der Waals surface area contributed by atoms with Crippen molar-refractivity contribution < 1.29 is 9.59 Å². The maximum Gasteiger partial charge on any atom is 0.237 e. The van der Waals surface area contributed by atoms with Gasteiger partial charge < -0.3 is 10.6 Å². The molecule has 0 bridgehead atoms. The number of thioether (sulfide) groups is 1. The summed E-state index contributed by atoms with van der Waals surface area (Å²) in [7, 11) is 0. The first-order chi connectivity index (χ1) is 11.4. The van der Waals surface area contributed by atoms with E-state index in [-0.39, 0.29) is 22.8 Å². The van der Waals surface area contributed by atoms with Crippen LogP contribution < -0.4 is 10.6 Å². The lowest BCUT2D eigenvalue weighted by Gasteiger charge is -2.12. The summed E-state index contributed by atoms with van der Waals surface area (Å²) in [6.07, 6.45) is 0. The number of carbonyl (C=O) groups excluding carboxylic acids is 2. The average molecular weight is 363 g/mol. The molecular weight excluding hydrogens is 344 g/mol. The Hall–Kier alpha value is -1.98. The summed E-state index contributed by atoms with van der Waals surface area (Å²) in [4.78, 5) is 24.1. The number of halogens is 1. The van der Waals surface area contributed by atoms with Gasteiger partial charge in [0.1, 0.15) is 0 Å². The first-order valence-electron chi connectivity index (χ1n) is 7.48. The molecule has 0 unspecified atom stereocenters. The van der Waals surface area contributed by atoms with E-state index >= 15 is 0 Å². The minimum atomic E-state index is -0.354. The van der Waals surface area contributed by atoms with E-state index in [1.807, 2.05) is 31.2 Å². The predicted octanol–water partition coefficient (Wildman–Crippen LogP) is 4.35. The lowest BCUT2D eigenvalue weighted by Crippen LogP contribution is -2.25. The number of amides is 2. The molecule has 2 rings (SSSR count). The SMILES string of the molecule is Cc1ccc(NC(=O)CS[C@H](C)C(=O)Nc2cccc(Cl)c2)cc1. The average Bonchev–Trinajstić information content (AvgIpc) is 2.54. The quantitative estimate of drug-likeness (QED) is 0.803. The van der Waals surface area contributed by atoms with Gasteiger partial charge in [0.15, 0.2) is 0 Å². The molecule has 0 fully saturated rings. The summed E-state index contributed by atoms with van der Waals surface area (Å²) in [5.41, 5.74) is 2.53. The molecule has 0 heterocycles. The van der Waals surface area contributed by atoms with Gasteiger partial charge in [-0.3, -0.25) is 9.59 Å². The number of anilines is 2. The fourth-order valence-corrected chi connectivity index (χ4v) is 2.79. The maximum atomic E-state index is 12.1. The molecule has 0 spiro atoms. The predicted molar refractivity (Wildman–Crippen MR) is 102 cm³/mol. The highest BCUT2D eigenvalue weighted by Gasteiger charge is 2.15. The van der Waals surface area contributed by atoms with E-state index in [9.17, 15) is 9.59 Å². The fourth-order valence-electron chi connectivity index (χ4n) is 1.92. The number of hydrogen-bond acceptors (Lipinski definition) is 3. The standard InChI is InChI=1S/C18H19ClN2O2S/c1-12-6-8-15(9-7-12)20-17(22)11-24-13(2)18(23)21-16-5-3-4-14(19)10-16/h3-10,13H,11H2,1-2H3,(H,20,22)(H,21,23)/t13-/m1/s1. The molecule has 2 aromatic carbocycles. The van der Waals surface area contributed by atoms with Gasteiger partial charge in [0, 0.05) is 16.4 Å². The molecule has 0 aliphatic heterocycles. The third-order valence-corrected chi connectivity index (χ3v) is 4.64. The monoisotopic (exact) mass is 362 g/mol. The van der Waals surface area contributed by atoms with E-state index in [1.165, 1.54) is 11.8 Å². The zero-order valence-electron chi connectivity index (χ0n) is 13.5. The van der Waals surface area contributed by atoms with Crippen LogP contribution >= 0.6 is 23.4 Å². The van der Waals surface area contributed by atoms with Gasteiger partial charge >= 0.3 is 0 Å². The van der Waals surface area contributed by atoms with Crippen LogP contribution in [0.1, 0.15) is 12.5 Å². The van der Waals surface area contributed by atoms with E-state index in [0.717, 1.165) is 11.3 Å². The highest BCUT2D eigenvalue weighted by Crippen LogP contribution is 2.18. The summed E-state index contributed by atoms with van der Waals surface area (Å²) < 4.78 is 0. The summed E-state index contributed by atoms with van der Waals surface area (Å²) in [5, 5.41) is 5.80. The molecule has 2 N–H and O–H groups in total. The van der Waals surface area contributed by atoms with Crippen LogP contribution in [0, 0.1) is 6.92 Å².